The van der Waals surface area contributed by atoms with Crippen LogP contribution in [0.4, 0.5) is 0 Å². The Hall–Kier alpha value is -3.12. The number of ether oxygens (including phenoxy) is 2. The molecule has 0 bridgehead atoms. The minimum absolute atomic E-state index is 0.142. The highest BCUT2D eigenvalue weighted by Crippen LogP contribution is 2.51. The highest BCUT2D eigenvalue weighted by atomic mass is 79.9. The van der Waals surface area contributed by atoms with Gasteiger partial charge in [-0.25, -0.2) is 0 Å². The van der Waals surface area contributed by atoms with Crippen molar-refractivity contribution in [1.29, 1.82) is 0 Å². The first-order valence-electron chi connectivity index (χ1n) is 13.0. The zero-order valence-corrected chi connectivity index (χ0v) is 22.8. The van der Waals surface area contributed by atoms with E-state index in [1.165, 1.54) is 5.56 Å². The van der Waals surface area contributed by atoms with Crippen molar-refractivity contribution >= 4 is 27.5 Å². The topological polar surface area (TPSA) is 55.8 Å². The van der Waals surface area contributed by atoms with E-state index in [1.54, 1.807) is 13.2 Å². The molecule has 0 unspecified atom stereocenters. The van der Waals surface area contributed by atoms with Gasteiger partial charge < -0.3 is 14.4 Å². The Kier molecular flexibility index (Phi) is 7.65. The molecule has 0 radical (unpaired) electrons. The van der Waals surface area contributed by atoms with Crippen LogP contribution in [-0.4, -0.2) is 36.7 Å². The molecule has 0 fully saturated rings. The molecule has 192 valence electrons. The third kappa shape index (κ3) is 4.91. The molecule has 2 aliphatic carbocycles. The van der Waals surface area contributed by atoms with Gasteiger partial charge >= 0.3 is 0 Å². The molecule has 0 saturated heterocycles. The molecule has 5 nitrogen and oxygen atoms in total. The van der Waals surface area contributed by atoms with E-state index < -0.39 is 5.92 Å². The molecule has 1 heterocycles. The quantitative estimate of drug-likeness (QED) is 0.336. The van der Waals surface area contributed by atoms with Gasteiger partial charge in [0.05, 0.1) is 11.6 Å². The zero-order valence-electron chi connectivity index (χ0n) is 21.2. The largest absolute Gasteiger partial charge is 0.493 e. The van der Waals surface area contributed by atoms with Crippen molar-refractivity contribution < 1.29 is 19.1 Å². The number of benzene rings is 2. The van der Waals surface area contributed by atoms with E-state index in [2.05, 4.69) is 51.7 Å². The molecular formula is C31H32BrNO4. The molecule has 0 spiro atoms. The molecule has 2 aromatic rings. The summed E-state index contributed by atoms with van der Waals surface area (Å²) in [5.74, 6) is 1.04. The number of rotatable bonds is 8. The lowest BCUT2D eigenvalue weighted by molar-refractivity contribution is -0.117. The number of Topliss-reactive ketones (excluding diaryl/α,β-unsaturated/α-hetero) is 2. The Morgan fingerprint density at radius 3 is 2.24 bits per heavy atom. The Labute approximate surface area is 227 Å². The van der Waals surface area contributed by atoms with Gasteiger partial charge in [-0.3, -0.25) is 9.59 Å². The predicted octanol–water partition coefficient (Wildman–Crippen LogP) is 6.68. The summed E-state index contributed by atoms with van der Waals surface area (Å²) < 4.78 is 12.3. The van der Waals surface area contributed by atoms with E-state index in [9.17, 15) is 9.59 Å². The first-order chi connectivity index (χ1) is 18.0. The molecule has 6 heteroatoms. The number of allylic oxidation sites excluding steroid dienone is 4. The Morgan fingerprint density at radius 1 is 1.00 bits per heavy atom. The minimum atomic E-state index is -0.391. The highest BCUT2D eigenvalue weighted by molar-refractivity contribution is 9.10. The van der Waals surface area contributed by atoms with Gasteiger partial charge in [0.25, 0.3) is 0 Å². The molecule has 0 aromatic heterocycles. The normalized spacial score (nSPS) is 18.1. The predicted molar refractivity (Wildman–Crippen MR) is 148 cm³/mol. The van der Waals surface area contributed by atoms with Crippen molar-refractivity contribution in [2.45, 2.75) is 50.9 Å². The number of methoxy groups -OCH3 is 1. The molecule has 5 rings (SSSR count). The van der Waals surface area contributed by atoms with Crippen molar-refractivity contribution in [2.75, 3.05) is 20.3 Å². The van der Waals surface area contributed by atoms with Crippen molar-refractivity contribution in [3.8, 4) is 11.5 Å². The van der Waals surface area contributed by atoms with Crippen LogP contribution < -0.4 is 9.47 Å². The fraction of sp³-hybridized carbons (Fsp3) is 0.355. The van der Waals surface area contributed by atoms with Crippen LogP contribution in [0.1, 0.15) is 55.6 Å². The zero-order chi connectivity index (χ0) is 25.9. The summed E-state index contributed by atoms with van der Waals surface area (Å²) in [6, 6.07) is 14.3. The number of halogens is 1. The lowest BCUT2D eigenvalue weighted by atomic mass is 9.71. The van der Waals surface area contributed by atoms with Gasteiger partial charge in [-0.1, -0.05) is 43.0 Å². The number of ketones is 2. The summed E-state index contributed by atoms with van der Waals surface area (Å²) in [7, 11) is 1.60. The fourth-order valence-electron chi connectivity index (χ4n) is 5.89. The number of nitrogens with zero attached hydrogens (tertiary/aromatic N) is 1. The average Bonchev–Trinajstić information content (AvgIpc) is 2.91. The first kappa shape index (κ1) is 25.5. The van der Waals surface area contributed by atoms with Crippen LogP contribution in [0.2, 0.25) is 0 Å². The second-order valence-corrected chi connectivity index (χ2v) is 10.6. The van der Waals surface area contributed by atoms with Gasteiger partial charge in [0.15, 0.2) is 23.1 Å². The van der Waals surface area contributed by atoms with Crippen LogP contribution >= 0.6 is 15.9 Å². The van der Waals surface area contributed by atoms with E-state index in [-0.39, 0.29) is 11.6 Å². The van der Waals surface area contributed by atoms with E-state index in [4.69, 9.17) is 9.47 Å². The van der Waals surface area contributed by atoms with Crippen LogP contribution in [0.5, 0.6) is 11.5 Å². The average molecular weight is 563 g/mol. The number of carbonyl (C=O) groups is 2. The fourth-order valence-corrected chi connectivity index (χ4v) is 6.47. The van der Waals surface area contributed by atoms with E-state index in [0.29, 0.717) is 30.9 Å². The van der Waals surface area contributed by atoms with Gasteiger partial charge in [-0.15, -0.1) is 0 Å². The van der Waals surface area contributed by atoms with Crippen LogP contribution in [0.3, 0.4) is 0 Å². The maximum absolute atomic E-state index is 13.6. The lowest BCUT2D eigenvalue weighted by Crippen LogP contribution is -2.40. The van der Waals surface area contributed by atoms with Crippen LogP contribution in [0.25, 0.3) is 0 Å². The number of hydrogen-bond acceptors (Lipinski definition) is 5. The van der Waals surface area contributed by atoms with Gasteiger partial charge in [0, 0.05) is 47.8 Å². The van der Waals surface area contributed by atoms with Gasteiger partial charge in [-0.2, -0.15) is 0 Å². The maximum Gasteiger partial charge on any atom is 0.175 e. The van der Waals surface area contributed by atoms with E-state index >= 15 is 0 Å². The van der Waals surface area contributed by atoms with Crippen molar-refractivity contribution in [3.05, 3.63) is 93.3 Å². The van der Waals surface area contributed by atoms with Crippen molar-refractivity contribution in [3.63, 3.8) is 0 Å². The minimum Gasteiger partial charge on any atom is -0.493 e. The molecular weight excluding hydrogens is 530 g/mol. The Balaban J connectivity index is 1.64. The Bertz CT molecular complexity index is 1250. The second kappa shape index (κ2) is 11.1. The van der Waals surface area contributed by atoms with Gasteiger partial charge in [0.1, 0.15) is 6.61 Å². The summed E-state index contributed by atoms with van der Waals surface area (Å²) in [6.07, 6.45) is 6.92. The van der Waals surface area contributed by atoms with E-state index in [0.717, 1.165) is 71.2 Å². The third-order valence-corrected chi connectivity index (χ3v) is 8.07. The molecule has 37 heavy (non-hydrogen) atoms. The molecule has 0 atom stereocenters. The lowest BCUT2D eigenvalue weighted by Gasteiger charge is -2.44. The summed E-state index contributed by atoms with van der Waals surface area (Å²) in [5.41, 5.74) is 5.87. The number of hydrogen-bond donors (Lipinski definition) is 0. The third-order valence-electron chi connectivity index (χ3n) is 7.48. The molecule has 0 N–H and O–H groups in total. The summed E-state index contributed by atoms with van der Waals surface area (Å²) in [6.45, 7) is 4.83. The van der Waals surface area contributed by atoms with Crippen molar-refractivity contribution in [1.82, 2.24) is 4.90 Å². The van der Waals surface area contributed by atoms with Gasteiger partial charge in [0.2, 0.25) is 0 Å². The standard InChI is InChI=1S/C31H32BrNO4/c1-3-17-37-31-22(32)18-21(19-27(31)36-2)28-29-23(11-7-13-25(29)34)33(16-15-20-9-5-4-6-10-20)24-12-8-14-26(35)30(24)28/h3-6,9-10,18-19,28H,1,7-8,11-17H2,2H3. The monoisotopic (exact) mass is 561 g/mol. The number of carbonyl (C=O) groups excluding carboxylic acids is 2. The van der Waals surface area contributed by atoms with Crippen LogP contribution in [0.15, 0.2) is 82.1 Å². The van der Waals surface area contributed by atoms with Crippen LogP contribution in [-0.2, 0) is 16.0 Å². The second-order valence-electron chi connectivity index (χ2n) is 9.73. The highest BCUT2D eigenvalue weighted by Gasteiger charge is 2.43. The van der Waals surface area contributed by atoms with E-state index in [1.807, 2.05) is 18.2 Å². The molecule has 3 aliphatic rings. The summed E-state index contributed by atoms with van der Waals surface area (Å²) in [5, 5.41) is 0. The molecule has 2 aromatic carbocycles. The summed E-state index contributed by atoms with van der Waals surface area (Å²) in [4.78, 5) is 29.4. The Morgan fingerprint density at radius 2 is 1.65 bits per heavy atom. The van der Waals surface area contributed by atoms with Crippen LogP contribution in [0, 0.1) is 0 Å². The van der Waals surface area contributed by atoms with Crippen molar-refractivity contribution in [2.24, 2.45) is 0 Å². The first-order valence-corrected chi connectivity index (χ1v) is 13.8. The van der Waals surface area contributed by atoms with Gasteiger partial charge in [-0.05, 0) is 71.3 Å². The SMILES string of the molecule is C=CCOc1c(Br)cc(C2C3=C(CCCC3=O)N(CCc3ccccc3)C3=C2C(=O)CCC3)cc1OC. The smallest absolute Gasteiger partial charge is 0.175 e. The molecule has 0 saturated carbocycles. The molecule has 0 amide bonds. The molecule has 1 aliphatic heterocycles. The summed E-state index contributed by atoms with van der Waals surface area (Å²) >= 11 is 3.65. The maximum atomic E-state index is 13.6.